The van der Waals surface area contributed by atoms with Crippen molar-refractivity contribution in [3.8, 4) is 6.07 Å². The van der Waals surface area contributed by atoms with Crippen molar-refractivity contribution in [1.29, 1.82) is 5.26 Å². The summed E-state index contributed by atoms with van der Waals surface area (Å²) in [4.78, 5) is 28.4. The van der Waals surface area contributed by atoms with Crippen LogP contribution in [0, 0.1) is 11.3 Å². The Kier molecular flexibility index (Phi) is 6.09. The van der Waals surface area contributed by atoms with Gasteiger partial charge in [0.15, 0.2) is 0 Å². The van der Waals surface area contributed by atoms with Gasteiger partial charge in [0, 0.05) is 38.5 Å². The summed E-state index contributed by atoms with van der Waals surface area (Å²) in [6.07, 6.45) is 1.45. The van der Waals surface area contributed by atoms with E-state index in [-0.39, 0.29) is 24.5 Å². The maximum absolute atomic E-state index is 12.3. The molecule has 138 valence electrons. The molecule has 3 rings (SSSR count). The quantitative estimate of drug-likeness (QED) is 0.860. The second-order valence-corrected chi connectivity index (χ2v) is 6.86. The van der Waals surface area contributed by atoms with Crippen molar-refractivity contribution < 1.29 is 14.3 Å². The largest absolute Gasteiger partial charge is 0.368 e. The van der Waals surface area contributed by atoms with Crippen LogP contribution in [-0.2, 0) is 14.3 Å². The van der Waals surface area contributed by atoms with Gasteiger partial charge in [-0.15, -0.1) is 0 Å². The number of benzene rings is 1. The molecule has 1 aromatic rings. The average Bonchev–Trinajstić information content (AvgIpc) is 3.16. The number of halogens is 1. The first-order chi connectivity index (χ1) is 12.6. The lowest BCUT2D eigenvalue weighted by atomic mass is 10.2. The van der Waals surface area contributed by atoms with Gasteiger partial charge in [-0.3, -0.25) is 14.5 Å². The third-order valence-electron chi connectivity index (χ3n) is 4.63. The molecule has 1 aromatic carbocycles. The minimum atomic E-state index is -0.286. The van der Waals surface area contributed by atoms with Gasteiger partial charge in [0.1, 0.15) is 12.2 Å². The molecule has 0 saturated carbocycles. The van der Waals surface area contributed by atoms with E-state index in [0.717, 1.165) is 12.8 Å². The van der Waals surface area contributed by atoms with Crippen LogP contribution >= 0.6 is 11.6 Å². The van der Waals surface area contributed by atoms with E-state index in [9.17, 15) is 9.59 Å². The number of ether oxygens (including phenoxy) is 1. The van der Waals surface area contributed by atoms with E-state index in [2.05, 4.69) is 5.32 Å². The molecule has 2 saturated heterocycles. The maximum Gasteiger partial charge on any atom is 0.251 e. The molecule has 7 nitrogen and oxygen atoms in total. The number of amides is 2. The van der Waals surface area contributed by atoms with Crippen molar-refractivity contribution in [2.24, 2.45) is 0 Å². The van der Waals surface area contributed by atoms with Crippen LogP contribution in [0.4, 0.5) is 5.69 Å². The number of hydrogen-bond acceptors (Lipinski definition) is 5. The standard InChI is InChI=1S/C18H21ClN4O3/c19-15-10-14(4-3-13(15)11-20)21-17(24)12-22-5-7-23(8-6-22)18(25)16-2-1-9-26-16/h3-4,10,16H,1-2,5-9,12H2,(H,21,24). The highest BCUT2D eigenvalue weighted by molar-refractivity contribution is 6.32. The van der Waals surface area contributed by atoms with E-state index in [1.807, 2.05) is 15.9 Å². The Morgan fingerprint density at radius 3 is 2.69 bits per heavy atom. The summed E-state index contributed by atoms with van der Waals surface area (Å²) in [5, 5.41) is 12.0. The first kappa shape index (κ1) is 18.6. The Morgan fingerprint density at radius 1 is 1.31 bits per heavy atom. The second kappa shape index (κ2) is 8.49. The average molecular weight is 377 g/mol. The molecule has 0 aromatic heterocycles. The molecule has 0 radical (unpaired) electrons. The number of piperazine rings is 1. The van der Waals surface area contributed by atoms with Gasteiger partial charge in [0.25, 0.3) is 5.91 Å². The first-order valence-electron chi connectivity index (χ1n) is 8.69. The fraction of sp³-hybridized carbons (Fsp3) is 0.500. The predicted octanol–water partition coefficient (Wildman–Crippen LogP) is 1.47. The van der Waals surface area contributed by atoms with Crippen molar-refractivity contribution in [3.05, 3.63) is 28.8 Å². The fourth-order valence-corrected chi connectivity index (χ4v) is 3.41. The monoisotopic (exact) mass is 376 g/mol. The van der Waals surface area contributed by atoms with Crippen molar-refractivity contribution in [3.63, 3.8) is 0 Å². The van der Waals surface area contributed by atoms with E-state index < -0.39 is 0 Å². The molecule has 0 aliphatic carbocycles. The van der Waals surface area contributed by atoms with E-state index in [1.165, 1.54) is 0 Å². The van der Waals surface area contributed by atoms with Crippen LogP contribution in [0.5, 0.6) is 0 Å². The van der Waals surface area contributed by atoms with Gasteiger partial charge in [0.05, 0.1) is 17.1 Å². The molecule has 2 fully saturated rings. The summed E-state index contributed by atoms with van der Waals surface area (Å²) in [5.41, 5.74) is 0.933. The lowest BCUT2D eigenvalue weighted by Crippen LogP contribution is -2.52. The Morgan fingerprint density at radius 2 is 2.08 bits per heavy atom. The lowest BCUT2D eigenvalue weighted by Gasteiger charge is -2.35. The van der Waals surface area contributed by atoms with Crippen LogP contribution in [0.2, 0.25) is 5.02 Å². The summed E-state index contributed by atoms with van der Waals surface area (Å²) in [5.74, 6) is -0.0801. The summed E-state index contributed by atoms with van der Waals surface area (Å²) in [6, 6.07) is 6.78. The number of nitrogens with zero attached hydrogens (tertiary/aromatic N) is 3. The molecule has 2 aliphatic heterocycles. The van der Waals surface area contributed by atoms with E-state index in [0.29, 0.717) is 49.1 Å². The molecule has 1 N–H and O–H groups in total. The molecule has 0 bridgehead atoms. The molecular formula is C18H21ClN4O3. The van der Waals surface area contributed by atoms with Gasteiger partial charge in [-0.25, -0.2) is 0 Å². The Bertz CT molecular complexity index is 720. The Labute approximate surface area is 157 Å². The van der Waals surface area contributed by atoms with Crippen LogP contribution in [0.25, 0.3) is 0 Å². The highest BCUT2D eigenvalue weighted by Gasteiger charge is 2.30. The van der Waals surface area contributed by atoms with Gasteiger partial charge in [-0.2, -0.15) is 5.26 Å². The van der Waals surface area contributed by atoms with Gasteiger partial charge in [-0.1, -0.05) is 11.6 Å². The van der Waals surface area contributed by atoms with Gasteiger partial charge in [0.2, 0.25) is 5.91 Å². The number of nitrogens with one attached hydrogen (secondary N) is 1. The number of carbonyl (C=O) groups is 2. The van der Waals surface area contributed by atoms with Crippen molar-refractivity contribution in [2.45, 2.75) is 18.9 Å². The number of anilines is 1. The topological polar surface area (TPSA) is 85.7 Å². The molecule has 0 spiro atoms. The third kappa shape index (κ3) is 4.52. The molecule has 26 heavy (non-hydrogen) atoms. The molecule has 8 heteroatoms. The zero-order chi connectivity index (χ0) is 18.5. The predicted molar refractivity (Wildman–Crippen MR) is 96.8 cm³/mol. The van der Waals surface area contributed by atoms with E-state index in [4.69, 9.17) is 21.6 Å². The number of hydrogen-bond donors (Lipinski definition) is 1. The molecule has 2 amide bonds. The fourth-order valence-electron chi connectivity index (χ4n) is 3.19. The molecule has 1 atom stereocenters. The van der Waals surface area contributed by atoms with Crippen molar-refractivity contribution in [2.75, 3.05) is 44.6 Å². The zero-order valence-corrected chi connectivity index (χ0v) is 15.2. The smallest absolute Gasteiger partial charge is 0.251 e. The summed E-state index contributed by atoms with van der Waals surface area (Å²) in [6.45, 7) is 3.43. The lowest BCUT2D eigenvalue weighted by molar-refractivity contribution is -0.142. The van der Waals surface area contributed by atoms with Crippen molar-refractivity contribution >= 4 is 29.1 Å². The second-order valence-electron chi connectivity index (χ2n) is 6.46. The number of nitriles is 1. The number of carbonyl (C=O) groups excluding carboxylic acids is 2. The third-order valence-corrected chi connectivity index (χ3v) is 4.94. The van der Waals surface area contributed by atoms with Crippen LogP contribution in [0.15, 0.2) is 18.2 Å². The molecule has 2 heterocycles. The molecule has 1 unspecified atom stereocenters. The minimum absolute atomic E-state index is 0.0684. The van der Waals surface area contributed by atoms with E-state index >= 15 is 0 Å². The Hall–Kier alpha value is -2.14. The zero-order valence-electron chi connectivity index (χ0n) is 14.4. The van der Waals surface area contributed by atoms with Gasteiger partial charge < -0.3 is 15.0 Å². The number of rotatable bonds is 4. The normalized spacial score (nSPS) is 20.6. The van der Waals surface area contributed by atoms with Crippen LogP contribution < -0.4 is 5.32 Å². The summed E-state index contributed by atoms with van der Waals surface area (Å²) >= 11 is 5.97. The minimum Gasteiger partial charge on any atom is -0.368 e. The molecular weight excluding hydrogens is 356 g/mol. The van der Waals surface area contributed by atoms with Gasteiger partial charge in [-0.05, 0) is 31.0 Å². The van der Waals surface area contributed by atoms with Crippen LogP contribution in [0.3, 0.4) is 0 Å². The highest BCUT2D eigenvalue weighted by Crippen LogP contribution is 2.20. The van der Waals surface area contributed by atoms with Gasteiger partial charge >= 0.3 is 0 Å². The highest BCUT2D eigenvalue weighted by atomic mass is 35.5. The van der Waals surface area contributed by atoms with E-state index in [1.54, 1.807) is 18.2 Å². The van der Waals surface area contributed by atoms with Crippen LogP contribution in [0.1, 0.15) is 18.4 Å². The van der Waals surface area contributed by atoms with Crippen molar-refractivity contribution in [1.82, 2.24) is 9.80 Å². The summed E-state index contributed by atoms with van der Waals surface area (Å²) < 4.78 is 5.45. The maximum atomic E-state index is 12.3. The summed E-state index contributed by atoms with van der Waals surface area (Å²) in [7, 11) is 0. The first-order valence-corrected chi connectivity index (χ1v) is 9.07. The Balaban J connectivity index is 1.45. The molecule has 2 aliphatic rings. The van der Waals surface area contributed by atoms with Crippen LogP contribution in [-0.4, -0.2) is 67.0 Å². The SMILES string of the molecule is N#Cc1ccc(NC(=O)CN2CCN(C(=O)C3CCCO3)CC2)cc1Cl.